The molecule has 0 aliphatic carbocycles. The largest absolute Gasteiger partial charge is 0.345 e. The molecule has 0 fully saturated rings. The lowest BCUT2D eigenvalue weighted by molar-refractivity contribution is 0.0906. The van der Waals surface area contributed by atoms with Gasteiger partial charge in [0.05, 0.1) is 0 Å². The second kappa shape index (κ2) is 6.50. The Bertz CT molecular complexity index is 736. The third-order valence-electron chi connectivity index (χ3n) is 3.01. The number of nitrogens with zero attached hydrogens (tertiary/aromatic N) is 1. The molecule has 0 bridgehead atoms. The van der Waals surface area contributed by atoms with Gasteiger partial charge in [-0.25, -0.2) is 5.10 Å². The summed E-state index contributed by atoms with van der Waals surface area (Å²) in [4.78, 5) is 23.1. The van der Waals surface area contributed by atoms with Crippen molar-refractivity contribution in [3.63, 3.8) is 0 Å². The van der Waals surface area contributed by atoms with E-state index in [4.69, 9.17) is 23.2 Å². The number of benzene rings is 1. The van der Waals surface area contributed by atoms with Gasteiger partial charge in [-0.15, -0.1) is 0 Å². The van der Waals surface area contributed by atoms with E-state index in [1.54, 1.807) is 12.1 Å². The van der Waals surface area contributed by atoms with E-state index in [1.165, 1.54) is 12.1 Å². The summed E-state index contributed by atoms with van der Waals surface area (Å²) in [5.74, 6) is -0.369. The third kappa shape index (κ3) is 4.32. The van der Waals surface area contributed by atoms with E-state index < -0.39 is 5.54 Å². The molecule has 2 aromatic rings. The topological polar surface area (TPSA) is 74.8 Å². The monoisotopic (exact) mass is 339 g/mol. The number of carbonyl (C=O) groups is 1. The number of aromatic nitrogens is 2. The minimum atomic E-state index is -0.549. The number of halogens is 2. The van der Waals surface area contributed by atoms with Crippen molar-refractivity contribution >= 4 is 29.1 Å². The van der Waals surface area contributed by atoms with Crippen LogP contribution in [-0.2, 0) is 6.42 Å². The molecule has 7 heteroatoms. The molecule has 2 N–H and O–H groups in total. The Hall–Kier alpha value is -1.85. The highest BCUT2D eigenvalue weighted by Crippen LogP contribution is 2.24. The molecule has 1 amide bonds. The predicted octanol–water partition coefficient (Wildman–Crippen LogP) is 2.83. The van der Waals surface area contributed by atoms with Gasteiger partial charge in [0.25, 0.3) is 11.5 Å². The van der Waals surface area contributed by atoms with Crippen molar-refractivity contribution in [2.24, 2.45) is 0 Å². The SMILES string of the molecule is CC(C)(Cc1ccc(Cl)cc1Cl)NC(=O)c1ccc(=O)[nH]n1. The molecule has 2 rings (SSSR count). The van der Waals surface area contributed by atoms with Gasteiger partial charge in [-0.05, 0) is 44.0 Å². The Morgan fingerprint density at radius 1 is 1.27 bits per heavy atom. The van der Waals surface area contributed by atoms with E-state index in [-0.39, 0.29) is 17.2 Å². The van der Waals surface area contributed by atoms with Crippen molar-refractivity contribution in [3.05, 3.63) is 62.0 Å². The first-order valence-corrected chi connectivity index (χ1v) is 7.35. The van der Waals surface area contributed by atoms with Gasteiger partial charge < -0.3 is 5.32 Å². The summed E-state index contributed by atoms with van der Waals surface area (Å²) in [5.41, 5.74) is 0.122. The van der Waals surface area contributed by atoms with Crippen LogP contribution in [0.2, 0.25) is 10.0 Å². The molecule has 116 valence electrons. The molecule has 0 aliphatic rings. The van der Waals surface area contributed by atoms with Gasteiger partial charge >= 0.3 is 0 Å². The van der Waals surface area contributed by atoms with Crippen LogP contribution in [0.4, 0.5) is 0 Å². The van der Waals surface area contributed by atoms with Crippen molar-refractivity contribution < 1.29 is 4.79 Å². The van der Waals surface area contributed by atoms with E-state index in [0.717, 1.165) is 5.56 Å². The maximum Gasteiger partial charge on any atom is 0.272 e. The number of hydrogen-bond acceptors (Lipinski definition) is 3. The maximum absolute atomic E-state index is 12.2. The molecule has 0 saturated heterocycles. The lowest BCUT2D eigenvalue weighted by Crippen LogP contribution is -2.45. The van der Waals surface area contributed by atoms with E-state index in [0.29, 0.717) is 16.5 Å². The molecular weight excluding hydrogens is 325 g/mol. The summed E-state index contributed by atoms with van der Waals surface area (Å²) in [6.45, 7) is 3.75. The molecule has 0 aliphatic heterocycles. The van der Waals surface area contributed by atoms with Gasteiger partial charge in [-0.2, -0.15) is 5.10 Å². The van der Waals surface area contributed by atoms with Crippen LogP contribution in [0.25, 0.3) is 0 Å². The number of rotatable bonds is 4. The average Bonchev–Trinajstić information content (AvgIpc) is 2.42. The summed E-state index contributed by atoms with van der Waals surface area (Å²) in [6.07, 6.45) is 0.526. The third-order valence-corrected chi connectivity index (χ3v) is 3.60. The Morgan fingerprint density at radius 2 is 2.00 bits per heavy atom. The van der Waals surface area contributed by atoms with Gasteiger partial charge in [0.2, 0.25) is 0 Å². The standard InChI is InChI=1S/C15H15Cl2N3O2/c1-15(2,8-9-3-4-10(16)7-11(9)17)18-14(22)12-5-6-13(21)20-19-12/h3-7H,8H2,1-2H3,(H,18,22)(H,20,21). The molecule has 0 spiro atoms. The van der Waals surface area contributed by atoms with Crippen molar-refractivity contribution in [2.75, 3.05) is 0 Å². The zero-order valence-corrected chi connectivity index (χ0v) is 13.6. The number of carbonyl (C=O) groups excluding carboxylic acids is 1. The van der Waals surface area contributed by atoms with Gasteiger partial charge in [0.15, 0.2) is 0 Å². The van der Waals surface area contributed by atoms with Crippen molar-refractivity contribution in [3.8, 4) is 0 Å². The molecule has 0 unspecified atom stereocenters. The van der Waals surface area contributed by atoms with E-state index >= 15 is 0 Å². The molecular formula is C15H15Cl2N3O2. The molecule has 0 radical (unpaired) electrons. The normalized spacial score (nSPS) is 11.3. The van der Waals surface area contributed by atoms with E-state index in [2.05, 4.69) is 15.5 Å². The number of amides is 1. The van der Waals surface area contributed by atoms with Crippen LogP contribution in [0.3, 0.4) is 0 Å². The highest BCUT2D eigenvalue weighted by molar-refractivity contribution is 6.35. The van der Waals surface area contributed by atoms with Gasteiger partial charge in [0.1, 0.15) is 5.69 Å². The van der Waals surface area contributed by atoms with Crippen molar-refractivity contribution in [2.45, 2.75) is 25.8 Å². The van der Waals surface area contributed by atoms with Crippen molar-refractivity contribution in [1.82, 2.24) is 15.5 Å². The molecule has 0 saturated carbocycles. The van der Waals surface area contributed by atoms with E-state index in [1.807, 2.05) is 19.9 Å². The lowest BCUT2D eigenvalue weighted by Gasteiger charge is -2.26. The minimum absolute atomic E-state index is 0.148. The zero-order chi connectivity index (χ0) is 16.3. The van der Waals surface area contributed by atoms with Crippen LogP contribution in [0.15, 0.2) is 35.1 Å². The highest BCUT2D eigenvalue weighted by Gasteiger charge is 2.23. The smallest absolute Gasteiger partial charge is 0.272 e. The fourth-order valence-electron chi connectivity index (χ4n) is 2.03. The van der Waals surface area contributed by atoms with Gasteiger partial charge in [0, 0.05) is 21.7 Å². The second-order valence-corrected chi connectivity index (χ2v) is 6.40. The summed E-state index contributed by atoms with van der Waals surface area (Å²) < 4.78 is 0. The molecule has 5 nitrogen and oxygen atoms in total. The molecule has 1 aromatic heterocycles. The summed E-state index contributed by atoms with van der Waals surface area (Å²) in [5, 5.41) is 9.92. The Kier molecular flexibility index (Phi) is 4.88. The first-order valence-electron chi connectivity index (χ1n) is 6.59. The Morgan fingerprint density at radius 3 is 2.59 bits per heavy atom. The number of hydrogen-bond donors (Lipinski definition) is 2. The highest BCUT2D eigenvalue weighted by atomic mass is 35.5. The summed E-state index contributed by atoms with van der Waals surface area (Å²) in [7, 11) is 0. The molecule has 1 heterocycles. The van der Waals surface area contributed by atoms with E-state index in [9.17, 15) is 9.59 Å². The molecule has 1 aromatic carbocycles. The first-order chi connectivity index (χ1) is 10.3. The lowest BCUT2D eigenvalue weighted by atomic mass is 9.94. The second-order valence-electron chi connectivity index (χ2n) is 5.56. The minimum Gasteiger partial charge on any atom is -0.345 e. The molecule has 22 heavy (non-hydrogen) atoms. The summed E-state index contributed by atoms with van der Waals surface area (Å²) >= 11 is 12.0. The van der Waals surface area contributed by atoms with Crippen LogP contribution in [-0.4, -0.2) is 21.6 Å². The van der Waals surface area contributed by atoms with Gasteiger partial charge in [-0.1, -0.05) is 29.3 Å². The predicted molar refractivity (Wildman–Crippen MR) is 86.6 cm³/mol. The number of aromatic amines is 1. The number of H-pyrrole nitrogens is 1. The fourth-order valence-corrected chi connectivity index (χ4v) is 2.50. The fraction of sp³-hybridized carbons (Fsp3) is 0.267. The van der Waals surface area contributed by atoms with Crippen molar-refractivity contribution in [1.29, 1.82) is 0 Å². The first kappa shape index (κ1) is 16.5. The van der Waals surface area contributed by atoms with Crippen LogP contribution < -0.4 is 10.9 Å². The number of nitrogens with one attached hydrogen (secondary N) is 2. The summed E-state index contributed by atoms with van der Waals surface area (Å²) in [6, 6.07) is 7.88. The van der Waals surface area contributed by atoms with Crippen LogP contribution in [0, 0.1) is 0 Å². The maximum atomic E-state index is 12.2. The molecule has 0 atom stereocenters. The average molecular weight is 340 g/mol. The quantitative estimate of drug-likeness (QED) is 0.899. The van der Waals surface area contributed by atoms with Crippen LogP contribution in [0.1, 0.15) is 29.9 Å². The Balaban J connectivity index is 2.11. The van der Waals surface area contributed by atoms with Crippen LogP contribution >= 0.6 is 23.2 Å². The van der Waals surface area contributed by atoms with Gasteiger partial charge in [-0.3, -0.25) is 9.59 Å². The van der Waals surface area contributed by atoms with Crippen LogP contribution in [0.5, 0.6) is 0 Å². The zero-order valence-electron chi connectivity index (χ0n) is 12.1. The Labute approximate surface area is 137 Å².